The average Bonchev–Trinajstić information content (AvgIpc) is 2.86. The fraction of sp³-hybridized carbons (Fsp3) is 0.222. The van der Waals surface area contributed by atoms with Gasteiger partial charge < -0.3 is 10.3 Å². The van der Waals surface area contributed by atoms with Crippen LogP contribution in [0.1, 0.15) is 11.5 Å². The highest BCUT2D eigenvalue weighted by atomic mass is 16.1. The maximum Gasteiger partial charge on any atom is 0.226 e. The standard InChI is InChI=1S/C9H11N5O/c15-9(5-7-1-2-13-14-7)12-6-8-10-3-4-11-8/h1-4H,5-6H2,(H,10,11)(H,12,15)(H,13,14). The molecule has 6 nitrogen and oxygen atoms in total. The monoisotopic (exact) mass is 205 g/mol. The number of carbonyl (C=O) groups excluding carboxylic acids is 1. The molecule has 0 radical (unpaired) electrons. The summed E-state index contributed by atoms with van der Waals surface area (Å²) in [6.45, 7) is 0.417. The number of nitrogens with zero attached hydrogens (tertiary/aromatic N) is 2. The summed E-state index contributed by atoms with van der Waals surface area (Å²) in [5.74, 6) is 0.684. The third-order valence-electron chi connectivity index (χ3n) is 1.92. The molecule has 0 saturated heterocycles. The second-order valence-electron chi connectivity index (χ2n) is 3.07. The van der Waals surface area contributed by atoms with Crippen molar-refractivity contribution in [2.75, 3.05) is 0 Å². The Hall–Kier alpha value is -2.11. The quantitative estimate of drug-likeness (QED) is 0.656. The lowest BCUT2D eigenvalue weighted by Gasteiger charge is -2.01. The number of carbonyl (C=O) groups is 1. The summed E-state index contributed by atoms with van der Waals surface area (Å²) in [6.07, 6.45) is 5.29. The van der Waals surface area contributed by atoms with Gasteiger partial charge in [-0.25, -0.2) is 4.98 Å². The Morgan fingerprint density at radius 3 is 3.07 bits per heavy atom. The third-order valence-corrected chi connectivity index (χ3v) is 1.92. The Bertz CT molecular complexity index is 406. The Labute approximate surface area is 86.1 Å². The van der Waals surface area contributed by atoms with Crippen LogP contribution < -0.4 is 5.32 Å². The highest BCUT2D eigenvalue weighted by molar-refractivity contribution is 5.77. The van der Waals surface area contributed by atoms with Gasteiger partial charge in [-0.05, 0) is 6.07 Å². The van der Waals surface area contributed by atoms with Crippen molar-refractivity contribution in [1.29, 1.82) is 0 Å². The molecule has 0 unspecified atom stereocenters. The fourth-order valence-electron chi connectivity index (χ4n) is 1.20. The van der Waals surface area contributed by atoms with Crippen molar-refractivity contribution in [1.82, 2.24) is 25.5 Å². The molecule has 0 fully saturated rings. The van der Waals surface area contributed by atoms with Crippen LogP contribution in [-0.4, -0.2) is 26.1 Å². The first kappa shape index (κ1) is 9.45. The summed E-state index contributed by atoms with van der Waals surface area (Å²) in [4.78, 5) is 18.3. The van der Waals surface area contributed by atoms with Crippen LogP contribution in [0.15, 0.2) is 24.7 Å². The zero-order valence-electron chi connectivity index (χ0n) is 8.03. The lowest BCUT2D eigenvalue weighted by Crippen LogP contribution is -2.25. The molecule has 1 amide bonds. The smallest absolute Gasteiger partial charge is 0.226 e. The Kier molecular flexibility index (Phi) is 2.77. The number of hydrogen-bond donors (Lipinski definition) is 3. The molecule has 3 N–H and O–H groups in total. The lowest BCUT2D eigenvalue weighted by atomic mass is 10.3. The van der Waals surface area contributed by atoms with Crippen LogP contribution in [0.4, 0.5) is 0 Å². The molecule has 78 valence electrons. The van der Waals surface area contributed by atoms with E-state index in [1.807, 2.05) is 0 Å². The zero-order chi connectivity index (χ0) is 10.5. The van der Waals surface area contributed by atoms with Gasteiger partial charge >= 0.3 is 0 Å². The number of aromatic amines is 2. The van der Waals surface area contributed by atoms with Gasteiger partial charge in [-0.15, -0.1) is 0 Å². The number of nitrogens with one attached hydrogen (secondary N) is 3. The first-order valence-electron chi connectivity index (χ1n) is 4.58. The van der Waals surface area contributed by atoms with E-state index in [2.05, 4.69) is 25.5 Å². The summed E-state index contributed by atoms with van der Waals surface area (Å²) in [5, 5.41) is 9.23. The summed E-state index contributed by atoms with van der Waals surface area (Å²) >= 11 is 0. The van der Waals surface area contributed by atoms with E-state index in [-0.39, 0.29) is 5.91 Å². The first-order chi connectivity index (χ1) is 7.34. The van der Waals surface area contributed by atoms with E-state index in [1.54, 1.807) is 24.7 Å². The number of amides is 1. The Morgan fingerprint density at radius 1 is 1.47 bits per heavy atom. The normalized spacial score (nSPS) is 10.1. The summed E-state index contributed by atoms with van der Waals surface area (Å²) in [7, 11) is 0. The van der Waals surface area contributed by atoms with Crippen molar-refractivity contribution < 1.29 is 4.79 Å². The third kappa shape index (κ3) is 2.67. The van der Waals surface area contributed by atoms with Gasteiger partial charge in [-0.1, -0.05) is 0 Å². The van der Waals surface area contributed by atoms with Gasteiger partial charge in [0.15, 0.2) is 0 Å². The molecule has 0 atom stereocenters. The van der Waals surface area contributed by atoms with Crippen LogP contribution in [0.25, 0.3) is 0 Å². The van der Waals surface area contributed by atoms with Crippen LogP contribution in [0.3, 0.4) is 0 Å². The molecule has 0 aliphatic carbocycles. The second-order valence-corrected chi connectivity index (χ2v) is 3.07. The number of H-pyrrole nitrogens is 2. The minimum Gasteiger partial charge on any atom is -0.349 e. The maximum atomic E-state index is 11.4. The Morgan fingerprint density at radius 2 is 2.40 bits per heavy atom. The largest absolute Gasteiger partial charge is 0.349 e. The molecular formula is C9H11N5O. The van der Waals surface area contributed by atoms with Crippen LogP contribution in [0.5, 0.6) is 0 Å². The van der Waals surface area contributed by atoms with Gasteiger partial charge in [-0.3, -0.25) is 9.89 Å². The van der Waals surface area contributed by atoms with E-state index in [0.29, 0.717) is 13.0 Å². The zero-order valence-corrected chi connectivity index (χ0v) is 8.03. The lowest BCUT2D eigenvalue weighted by molar-refractivity contribution is -0.120. The molecule has 0 bridgehead atoms. The van der Waals surface area contributed by atoms with Crippen molar-refractivity contribution in [3.63, 3.8) is 0 Å². The Balaban J connectivity index is 1.78. The molecule has 0 aromatic carbocycles. The van der Waals surface area contributed by atoms with Crippen molar-refractivity contribution in [2.45, 2.75) is 13.0 Å². The number of hydrogen-bond acceptors (Lipinski definition) is 3. The highest BCUT2D eigenvalue weighted by Crippen LogP contribution is 1.93. The van der Waals surface area contributed by atoms with Gasteiger partial charge in [0.1, 0.15) is 5.82 Å². The van der Waals surface area contributed by atoms with E-state index >= 15 is 0 Å². The highest BCUT2D eigenvalue weighted by Gasteiger charge is 2.04. The summed E-state index contributed by atoms with van der Waals surface area (Å²) < 4.78 is 0. The molecule has 2 heterocycles. The van der Waals surface area contributed by atoms with E-state index in [0.717, 1.165) is 11.5 Å². The van der Waals surface area contributed by atoms with Gasteiger partial charge in [0.2, 0.25) is 5.91 Å². The topological polar surface area (TPSA) is 86.5 Å². The maximum absolute atomic E-state index is 11.4. The van der Waals surface area contributed by atoms with Crippen molar-refractivity contribution in [3.05, 3.63) is 36.2 Å². The summed E-state index contributed by atoms with van der Waals surface area (Å²) in [5.41, 5.74) is 0.798. The SMILES string of the molecule is O=C(Cc1ccn[nH]1)NCc1ncc[nH]1. The predicted octanol–water partition coefficient (Wildman–Crippen LogP) is -0.00830. The van der Waals surface area contributed by atoms with Crippen LogP contribution >= 0.6 is 0 Å². The molecule has 6 heteroatoms. The summed E-state index contributed by atoms with van der Waals surface area (Å²) in [6, 6.07) is 1.77. The predicted molar refractivity (Wildman–Crippen MR) is 52.7 cm³/mol. The number of rotatable bonds is 4. The van der Waals surface area contributed by atoms with Crippen LogP contribution in [0.2, 0.25) is 0 Å². The molecule has 2 rings (SSSR count). The second kappa shape index (κ2) is 4.41. The number of aromatic nitrogens is 4. The van der Waals surface area contributed by atoms with E-state index in [4.69, 9.17) is 0 Å². The molecule has 2 aromatic heterocycles. The van der Waals surface area contributed by atoms with E-state index in [9.17, 15) is 4.79 Å². The molecule has 0 aliphatic heterocycles. The van der Waals surface area contributed by atoms with E-state index in [1.165, 1.54) is 0 Å². The minimum absolute atomic E-state index is 0.0596. The number of imidazole rings is 1. The van der Waals surface area contributed by atoms with Crippen molar-refractivity contribution in [3.8, 4) is 0 Å². The minimum atomic E-state index is -0.0596. The average molecular weight is 205 g/mol. The molecule has 2 aromatic rings. The van der Waals surface area contributed by atoms with Crippen molar-refractivity contribution in [2.24, 2.45) is 0 Å². The van der Waals surface area contributed by atoms with Gasteiger partial charge in [0, 0.05) is 24.3 Å². The fourth-order valence-corrected chi connectivity index (χ4v) is 1.20. The van der Waals surface area contributed by atoms with Gasteiger partial charge in [-0.2, -0.15) is 5.10 Å². The molecule has 15 heavy (non-hydrogen) atoms. The van der Waals surface area contributed by atoms with Gasteiger partial charge in [0.25, 0.3) is 0 Å². The first-order valence-corrected chi connectivity index (χ1v) is 4.58. The van der Waals surface area contributed by atoms with Gasteiger partial charge in [0.05, 0.1) is 13.0 Å². The van der Waals surface area contributed by atoms with Crippen LogP contribution in [-0.2, 0) is 17.8 Å². The van der Waals surface area contributed by atoms with Crippen LogP contribution in [0, 0.1) is 0 Å². The molecule has 0 spiro atoms. The molecular weight excluding hydrogens is 194 g/mol. The van der Waals surface area contributed by atoms with Crippen molar-refractivity contribution >= 4 is 5.91 Å². The van der Waals surface area contributed by atoms with E-state index < -0.39 is 0 Å². The molecule has 0 saturated carbocycles. The molecule has 0 aliphatic rings.